The van der Waals surface area contributed by atoms with Crippen molar-refractivity contribution in [1.29, 1.82) is 0 Å². The molecule has 1 N–H and O–H groups in total. The summed E-state index contributed by atoms with van der Waals surface area (Å²) in [5.74, 6) is 2.93. The van der Waals surface area contributed by atoms with Gasteiger partial charge in [0.2, 0.25) is 0 Å². The smallest absolute Gasteiger partial charge is 0.0160 e. The maximum Gasteiger partial charge on any atom is 0.0160 e. The van der Waals surface area contributed by atoms with Crippen LogP contribution in [0.25, 0.3) is 0 Å². The second-order valence-corrected chi connectivity index (χ2v) is 6.84. The number of thioether (sulfide) groups is 1. The van der Waals surface area contributed by atoms with E-state index in [-0.39, 0.29) is 0 Å². The molecular weight excluding hydrogens is 238 g/mol. The molecule has 1 atom stereocenters. The van der Waals surface area contributed by atoms with Crippen LogP contribution in [0.4, 0.5) is 0 Å². The molecule has 1 heterocycles. The van der Waals surface area contributed by atoms with E-state index in [9.17, 15) is 0 Å². The van der Waals surface area contributed by atoms with Gasteiger partial charge >= 0.3 is 0 Å². The summed E-state index contributed by atoms with van der Waals surface area (Å²) >= 11 is 2.08. The molecule has 2 aliphatic rings. The summed E-state index contributed by atoms with van der Waals surface area (Å²) in [4.78, 5) is 1.69. The average molecular weight is 265 g/mol. The fraction of sp³-hybridized carbons (Fsp3) is 0.750. The first-order valence-electron chi connectivity index (χ1n) is 7.48. The molecule has 2 heteroatoms. The Morgan fingerprint density at radius 1 is 1.44 bits per heavy atom. The minimum Gasteiger partial charge on any atom is -0.320 e. The Bertz CT molecular complexity index is 315. The number of rotatable bonds is 7. The van der Waals surface area contributed by atoms with E-state index < -0.39 is 0 Å². The molecular formula is C16H27NS. The first-order chi connectivity index (χ1) is 8.81. The topological polar surface area (TPSA) is 12.0 Å². The van der Waals surface area contributed by atoms with Gasteiger partial charge in [-0.25, -0.2) is 0 Å². The van der Waals surface area contributed by atoms with Crippen molar-refractivity contribution in [3.63, 3.8) is 0 Å². The predicted molar refractivity (Wildman–Crippen MR) is 82.9 cm³/mol. The van der Waals surface area contributed by atoms with E-state index in [4.69, 9.17) is 0 Å². The van der Waals surface area contributed by atoms with Gasteiger partial charge < -0.3 is 5.32 Å². The molecule has 0 aromatic carbocycles. The van der Waals surface area contributed by atoms with E-state index in [0.717, 1.165) is 12.5 Å². The Morgan fingerprint density at radius 3 is 2.94 bits per heavy atom. The summed E-state index contributed by atoms with van der Waals surface area (Å²) < 4.78 is 0. The van der Waals surface area contributed by atoms with Gasteiger partial charge in [-0.05, 0) is 55.2 Å². The van der Waals surface area contributed by atoms with Gasteiger partial charge in [-0.15, -0.1) is 11.8 Å². The number of hydrogen-bond donors (Lipinski definition) is 1. The Hall–Kier alpha value is -0.210. The zero-order valence-electron chi connectivity index (χ0n) is 11.9. The molecule has 1 aliphatic carbocycles. The SMILES string of the molecule is CNCCC(C)C1=C(CCC2CCC2)SCC=C1. The van der Waals surface area contributed by atoms with Crippen LogP contribution in [0.1, 0.15) is 45.4 Å². The molecule has 0 spiro atoms. The van der Waals surface area contributed by atoms with Crippen molar-refractivity contribution >= 4 is 11.8 Å². The Kier molecular flexibility index (Phi) is 5.84. The minimum absolute atomic E-state index is 0.706. The second-order valence-electron chi connectivity index (χ2n) is 5.72. The van der Waals surface area contributed by atoms with E-state index in [1.807, 2.05) is 7.05 Å². The number of hydrogen-bond acceptors (Lipinski definition) is 2. The van der Waals surface area contributed by atoms with Crippen LogP contribution in [-0.2, 0) is 0 Å². The maximum absolute atomic E-state index is 3.27. The van der Waals surface area contributed by atoms with Crippen molar-refractivity contribution in [2.24, 2.45) is 11.8 Å². The quantitative estimate of drug-likeness (QED) is 0.733. The van der Waals surface area contributed by atoms with Crippen molar-refractivity contribution in [2.75, 3.05) is 19.3 Å². The highest BCUT2D eigenvalue weighted by Crippen LogP contribution is 2.38. The summed E-state index contributed by atoms with van der Waals surface area (Å²) in [6.45, 7) is 3.51. The minimum atomic E-state index is 0.706. The Labute approximate surface area is 116 Å². The normalized spacial score (nSPS) is 22.1. The molecule has 18 heavy (non-hydrogen) atoms. The van der Waals surface area contributed by atoms with Crippen LogP contribution in [0.5, 0.6) is 0 Å². The van der Waals surface area contributed by atoms with Gasteiger partial charge in [0.05, 0.1) is 0 Å². The molecule has 1 unspecified atom stereocenters. The fourth-order valence-electron chi connectivity index (χ4n) is 2.79. The molecule has 0 saturated heterocycles. The van der Waals surface area contributed by atoms with Gasteiger partial charge in [-0.2, -0.15) is 0 Å². The third-order valence-corrected chi connectivity index (χ3v) is 5.48. The zero-order valence-corrected chi connectivity index (χ0v) is 12.7. The number of allylic oxidation sites excluding steroid dienone is 3. The summed E-state index contributed by atoms with van der Waals surface area (Å²) in [5, 5.41) is 3.27. The van der Waals surface area contributed by atoms with Crippen molar-refractivity contribution in [1.82, 2.24) is 5.32 Å². The molecule has 0 amide bonds. The summed E-state index contributed by atoms with van der Waals surface area (Å²) in [6, 6.07) is 0. The maximum atomic E-state index is 3.27. The molecule has 0 bridgehead atoms. The summed E-state index contributed by atoms with van der Waals surface area (Å²) in [6.07, 6.45) is 13.2. The fourth-order valence-corrected chi connectivity index (χ4v) is 3.88. The van der Waals surface area contributed by atoms with Gasteiger partial charge in [-0.3, -0.25) is 0 Å². The van der Waals surface area contributed by atoms with Gasteiger partial charge in [0, 0.05) is 5.75 Å². The van der Waals surface area contributed by atoms with Crippen molar-refractivity contribution in [3.8, 4) is 0 Å². The second kappa shape index (κ2) is 7.40. The lowest BCUT2D eigenvalue weighted by molar-refractivity contribution is 0.297. The first kappa shape index (κ1) is 14.2. The van der Waals surface area contributed by atoms with Crippen LogP contribution in [0, 0.1) is 11.8 Å². The molecule has 0 aromatic heterocycles. The zero-order chi connectivity index (χ0) is 12.8. The molecule has 1 saturated carbocycles. The van der Waals surface area contributed by atoms with Crippen LogP contribution in [0.2, 0.25) is 0 Å². The van der Waals surface area contributed by atoms with Gasteiger partial charge in [0.25, 0.3) is 0 Å². The molecule has 2 rings (SSSR count). The first-order valence-corrected chi connectivity index (χ1v) is 8.46. The summed E-state index contributed by atoms with van der Waals surface area (Å²) in [5.41, 5.74) is 1.63. The van der Waals surface area contributed by atoms with E-state index in [0.29, 0.717) is 5.92 Å². The molecule has 102 valence electrons. The molecule has 0 radical (unpaired) electrons. The van der Waals surface area contributed by atoms with E-state index in [1.165, 1.54) is 44.3 Å². The standard InChI is InChI=1S/C16H27NS/c1-13(10-11-17-2)15-7-4-12-18-16(15)9-8-14-5-3-6-14/h4,7,13-14,17H,3,5-6,8-12H2,1-2H3. The third-order valence-electron chi connectivity index (χ3n) is 4.34. The lowest BCUT2D eigenvalue weighted by Gasteiger charge is -2.27. The van der Waals surface area contributed by atoms with Gasteiger partial charge in [0.15, 0.2) is 0 Å². The molecule has 1 aliphatic heterocycles. The van der Waals surface area contributed by atoms with Crippen molar-refractivity contribution < 1.29 is 0 Å². The van der Waals surface area contributed by atoms with E-state index >= 15 is 0 Å². The summed E-state index contributed by atoms with van der Waals surface area (Å²) in [7, 11) is 2.05. The lowest BCUT2D eigenvalue weighted by atomic mass is 9.81. The van der Waals surface area contributed by atoms with Crippen LogP contribution < -0.4 is 5.32 Å². The molecule has 1 nitrogen and oxygen atoms in total. The van der Waals surface area contributed by atoms with Gasteiger partial charge in [-0.1, -0.05) is 38.3 Å². The van der Waals surface area contributed by atoms with Crippen molar-refractivity contribution in [2.45, 2.75) is 45.4 Å². The van der Waals surface area contributed by atoms with E-state index in [2.05, 4.69) is 36.2 Å². The van der Waals surface area contributed by atoms with Crippen molar-refractivity contribution in [3.05, 3.63) is 22.6 Å². The highest BCUT2D eigenvalue weighted by Gasteiger charge is 2.20. The molecule has 0 aromatic rings. The van der Waals surface area contributed by atoms with Crippen LogP contribution >= 0.6 is 11.8 Å². The largest absolute Gasteiger partial charge is 0.320 e. The van der Waals surface area contributed by atoms with E-state index in [1.54, 1.807) is 10.5 Å². The van der Waals surface area contributed by atoms with Crippen LogP contribution in [-0.4, -0.2) is 19.3 Å². The lowest BCUT2D eigenvalue weighted by Crippen LogP contribution is -2.14. The Balaban J connectivity index is 1.91. The molecule has 1 fully saturated rings. The Morgan fingerprint density at radius 2 is 2.28 bits per heavy atom. The van der Waals surface area contributed by atoms with Crippen LogP contribution in [0.15, 0.2) is 22.6 Å². The highest BCUT2D eigenvalue weighted by atomic mass is 32.2. The van der Waals surface area contributed by atoms with Gasteiger partial charge in [0.1, 0.15) is 0 Å². The third kappa shape index (κ3) is 3.89. The monoisotopic (exact) mass is 265 g/mol. The van der Waals surface area contributed by atoms with Crippen LogP contribution in [0.3, 0.4) is 0 Å². The average Bonchev–Trinajstić information content (AvgIpc) is 2.34. The number of nitrogens with one attached hydrogen (secondary N) is 1. The predicted octanol–water partition coefficient (Wildman–Crippen LogP) is 4.37. The highest BCUT2D eigenvalue weighted by molar-refractivity contribution is 8.03.